The number of hydrogen-bond donors (Lipinski definition) is 0. The van der Waals surface area contributed by atoms with E-state index in [9.17, 15) is 19.2 Å². The minimum absolute atomic E-state index is 0.108. The summed E-state index contributed by atoms with van der Waals surface area (Å²) in [6.07, 6.45) is 3.06. The van der Waals surface area contributed by atoms with Crippen LogP contribution in [0.5, 0.6) is 5.75 Å². The van der Waals surface area contributed by atoms with Gasteiger partial charge in [0.2, 0.25) is 11.8 Å². The predicted molar refractivity (Wildman–Crippen MR) is 108 cm³/mol. The summed E-state index contributed by atoms with van der Waals surface area (Å²) in [5, 5.41) is 0. The Kier molecular flexibility index (Phi) is 4.31. The standard InChI is InChI=1S/C24H21NO5/c1-13(26)18-4-2-3-5-19(18)30-24(29)14-8-10-17(11-9-14)25-22(27)20-15-6-7-16(12-15)21(20)23(25)28/h2-5,8-11,15-16,20-21H,6-7,12H2,1H3/t15-,16-,20+,21+/m0/s1. The van der Waals surface area contributed by atoms with E-state index < -0.39 is 5.97 Å². The summed E-state index contributed by atoms with van der Waals surface area (Å²) in [5.41, 5.74) is 1.09. The van der Waals surface area contributed by atoms with Crippen LogP contribution in [0.1, 0.15) is 46.9 Å². The minimum atomic E-state index is -0.607. The zero-order valence-corrected chi connectivity index (χ0v) is 16.5. The SMILES string of the molecule is CC(=O)c1ccccc1OC(=O)c1ccc(N2C(=O)[C@@H]3[C@H]4CC[C@@H](C4)[C@H]3C2=O)cc1. The zero-order valence-electron chi connectivity index (χ0n) is 16.5. The maximum Gasteiger partial charge on any atom is 0.343 e. The van der Waals surface area contributed by atoms with Crippen molar-refractivity contribution in [2.24, 2.45) is 23.7 Å². The Hall–Kier alpha value is -3.28. The number of fused-ring (bicyclic) bond motifs is 5. The van der Waals surface area contributed by atoms with Crippen molar-refractivity contribution in [2.45, 2.75) is 26.2 Å². The van der Waals surface area contributed by atoms with E-state index in [0.29, 0.717) is 23.1 Å². The van der Waals surface area contributed by atoms with E-state index in [1.165, 1.54) is 24.0 Å². The van der Waals surface area contributed by atoms with Gasteiger partial charge in [0, 0.05) is 0 Å². The molecule has 6 nitrogen and oxygen atoms in total. The number of ketones is 1. The van der Waals surface area contributed by atoms with Crippen molar-refractivity contribution in [3.63, 3.8) is 0 Å². The molecule has 1 heterocycles. The summed E-state index contributed by atoms with van der Waals surface area (Å²) >= 11 is 0. The zero-order chi connectivity index (χ0) is 21.0. The first-order chi connectivity index (χ1) is 14.5. The molecule has 2 aliphatic carbocycles. The van der Waals surface area contributed by atoms with E-state index in [4.69, 9.17) is 4.74 Å². The lowest BCUT2D eigenvalue weighted by atomic mass is 9.81. The fourth-order valence-electron chi connectivity index (χ4n) is 5.42. The first-order valence-electron chi connectivity index (χ1n) is 10.3. The lowest BCUT2D eigenvalue weighted by molar-refractivity contribution is -0.123. The van der Waals surface area contributed by atoms with Crippen LogP contribution in [-0.4, -0.2) is 23.6 Å². The molecule has 0 radical (unpaired) electrons. The van der Waals surface area contributed by atoms with Gasteiger partial charge in [0.05, 0.1) is 28.7 Å². The number of anilines is 1. The maximum atomic E-state index is 12.9. The number of Topliss-reactive ketones (excluding diaryl/α,β-unsaturated/α-hetero) is 1. The molecule has 2 bridgehead atoms. The second kappa shape index (κ2) is 6.90. The quantitative estimate of drug-likeness (QED) is 0.337. The molecule has 152 valence electrons. The van der Waals surface area contributed by atoms with Crippen LogP contribution >= 0.6 is 0 Å². The van der Waals surface area contributed by atoms with Crippen LogP contribution in [0.4, 0.5) is 5.69 Å². The Bertz CT molecular complexity index is 1050. The first kappa shape index (κ1) is 18.7. The molecule has 1 saturated heterocycles. The number of imide groups is 1. The molecule has 2 aromatic carbocycles. The summed E-state index contributed by atoms with van der Waals surface area (Å²) in [4.78, 5) is 51.4. The molecular weight excluding hydrogens is 382 g/mol. The van der Waals surface area contributed by atoms with Gasteiger partial charge in [-0.15, -0.1) is 0 Å². The van der Waals surface area contributed by atoms with E-state index in [-0.39, 0.29) is 40.7 Å². The number of hydrogen-bond acceptors (Lipinski definition) is 5. The van der Waals surface area contributed by atoms with E-state index >= 15 is 0 Å². The third-order valence-electron chi connectivity index (χ3n) is 6.76. The van der Waals surface area contributed by atoms with Crippen molar-refractivity contribution in [2.75, 3.05) is 4.90 Å². The Balaban J connectivity index is 1.35. The van der Waals surface area contributed by atoms with Gasteiger partial charge in [0.1, 0.15) is 5.75 Å². The molecule has 0 unspecified atom stereocenters. The molecule has 30 heavy (non-hydrogen) atoms. The van der Waals surface area contributed by atoms with Crippen LogP contribution in [0.3, 0.4) is 0 Å². The smallest absolute Gasteiger partial charge is 0.343 e. The van der Waals surface area contributed by atoms with Crippen LogP contribution in [0, 0.1) is 23.7 Å². The third kappa shape index (κ3) is 2.78. The van der Waals surface area contributed by atoms with Crippen LogP contribution in [-0.2, 0) is 9.59 Å². The summed E-state index contributed by atoms with van der Waals surface area (Å²) in [7, 11) is 0. The number of nitrogens with zero attached hydrogens (tertiary/aromatic N) is 1. The molecule has 3 fully saturated rings. The maximum absolute atomic E-state index is 12.9. The highest BCUT2D eigenvalue weighted by atomic mass is 16.5. The number of para-hydroxylation sites is 1. The van der Waals surface area contributed by atoms with Crippen molar-refractivity contribution in [3.05, 3.63) is 59.7 Å². The lowest BCUT2D eigenvalue weighted by Gasteiger charge is -2.19. The number of benzene rings is 2. The first-order valence-corrected chi connectivity index (χ1v) is 10.3. The van der Waals surface area contributed by atoms with Crippen molar-refractivity contribution < 1.29 is 23.9 Å². The molecule has 2 aromatic rings. The van der Waals surface area contributed by atoms with Crippen LogP contribution in [0.2, 0.25) is 0 Å². The average Bonchev–Trinajstić information content (AvgIpc) is 3.42. The monoisotopic (exact) mass is 403 g/mol. The molecule has 0 spiro atoms. The Morgan fingerprint density at radius 3 is 2.10 bits per heavy atom. The van der Waals surface area contributed by atoms with Gasteiger partial charge in [-0.05, 0) is 74.4 Å². The second-order valence-electron chi connectivity index (χ2n) is 8.39. The summed E-state index contributed by atoms with van der Waals surface area (Å²) in [5.74, 6) is -0.510. The fraction of sp³-hybridized carbons (Fsp3) is 0.333. The van der Waals surface area contributed by atoms with Gasteiger partial charge in [-0.1, -0.05) is 12.1 Å². The normalized spacial score (nSPS) is 26.8. The molecule has 2 amide bonds. The fourth-order valence-corrected chi connectivity index (χ4v) is 5.42. The molecule has 1 aliphatic heterocycles. The molecule has 4 atom stereocenters. The van der Waals surface area contributed by atoms with Crippen molar-refractivity contribution in [1.29, 1.82) is 0 Å². The van der Waals surface area contributed by atoms with Gasteiger partial charge in [-0.3, -0.25) is 19.3 Å². The van der Waals surface area contributed by atoms with Crippen LogP contribution < -0.4 is 9.64 Å². The number of amides is 2. The van der Waals surface area contributed by atoms with E-state index in [2.05, 4.69) is 0 Å². The van der Waals surface area contributed by atoms with E-state index in [0.717, 1.165) is 19.3 Å². The number of carbonyl (C=O) groups excluding carboxylic acids is 4. The summed E-state index contributed by atoms with van der Waals surface area (Å²) in [6.45, 7) is 1.41. The molecular formula is C24H21NO5. The highest BCUT2D eigenvalue weighted by Crippen LogP contribution is 2.56. The highest BCUT2D eigenvalue weighted by molar-refractivity contribution is 6.22. The number of ether oxygens (including phenoxy) is 1. The molecule has 6 heteroatoms. The molecule has 3 aliphatic rings. The molecule has 0 N–H and O–H groups in total. The van der Waals surface area contributed by atoms with Gasteiger partial charge in [-0.25, -0.2) is 4.79 Å². The van der Waals surface area contributed by atoms with Gasteiger partial charge in [0.15, 0.2) is 5.78 Å². The molecule has 5 rings (SSSR count). The Labute approximate surface area is 173 Å². The van der Waals surface area contributed by atoms with Crippen LogP contribution in [0.15, 0.2) is 48.5 Å². The summed E-state index contributed by atoms with van der Waals surface area (Å²) in [6, 6.07) is 12.8. The second-order valence-corrected chi connectivity index (χ2v) is 8.39. The van der Waals surface area contributed by atoms with Crippen molar-refractivity contribution >= 4 is 29.3 Å². The van der Waals surface area contributed by atoms with E-state index in [1.807, 2.05) is 0 Å². The highest BCUT2D eigenvalue weighted by Gasteiger charge is 2.61. The van der Waals surface area contributed by atoms with Gasteiger partial charge < -0.3 is 4.74 Å². The summed E-state index contributed by atoms with van der Waals surface area (Å²) < 4.78 is 5.39. The molecule has 0 aromatic heterocycles. The van der Waals surface area contributed by atoms with Crippen LogP contribution in [0.25, 0.3) is 0 Å². The molecule has 2 saturated carbocycles. The number of esters is 1. The van der Waals surface area contributed by atoms with Gasteiger partial charge in [-0.2, -0.15) is 0 Å². The van der Waals surface area contributed by atoms with Gasteiger partial charge in [0.25, 0.3) is 0 Å². The number of rotatable bonds is 4. The van der Waals surface area contributed by atoms with E-state index in [1.54, 1.807) is 36.4 Å². The Morgan fingerprint density at radius 2 is 1.50 bits per heavy atom. The topological polar surface area (TPSA) is 80.8 Å². The van der Waals surface area contributed by atoms with Gasteiger partial charge >= 0.3 is 5.97 Å². The lowest BCUT2D eigenvalue weighted by Crippen LogP contribution is -2.32. The third-order valence-corrected chi connectivity index (χ3v) is 6.76. The minimum Gasteiger partial charge on any atom is -0.422 e. The van der Waals surface area contributed by atoms with Crippen molar-refractivity contribution in [1.82, 2.24) is 0 Å². The average molecular weight is 403 g/mol. The predicted octanol–water partition coefficient (Wildman–Crippen LogP) is 3.64. The Morgan fingerprint density at radius 1 is 0.900 bits per heavy atom. The largest absolute Gasteiger partial charge is 0.422 e. The van der Waals surface area contributed by atoms with Crippen molar-refractivity contribution in [3.8, 4) is 5.75 Å². The number of carbonyl (C=O) groups is 4.